The molecule has 0 aromatic heterocycles. The first kappa shape index (κ1) is 20.0. The second kappa shape index (κ2) is 8.10. The molecule has 0 saturated carbocycles. The van der Waals surface area contributed by atoms with Gasteiger partial charge in [0, 0.05) is 32.1 Å². The Bertz CT molecular complexity index is 719. The fourth-order valence-corrected chi connectivity index (χ4v) is 4.50. The highest BCUT2D eigenvalue weighted by Crippen LogP contribution is 2.31. The van der Waals surface area contributed by atoms with E-state index in [0.717, 1.165) is 51.2 Å². The summed E-state index contributed by atoms with van der Waals surface area (Å²) in [5, 5.41) is 3.41. The number of fused-ring (bicyclic) bond motifs is 1. The van der Waals surface area contributed by atoms with Crippen molar-refractivity contribution in [2.24, 2.45) is 17.8 Å². The van der Waals surface area contributed by atoms with Crippen LogP contribution in [-0.4, -0.2) is 49.4 Å². The Morgan fingerprint density at radius 2 is 1.78 bits per heavy atom. The van der Waals surface area contributed by atoms with Crippen LogP contribution in [0.4, 0.5) is 14.5 Å². The number of rotatable bonds is 2. The van der Waals surface area contributed by atoms with Gasteiger partial charge in [-0.3, -0.25) is 9.59 Å². The second-order valence-corrected chi connectivity index (χ2v) is 7.58. The highest BCUT2D eigenvalue weighted by Gasteiger charge is 2.39. The van der Waals surface area contributed by atoms with Crippen molar-refractivity contribution in [1.82, 2.24) is 10.2 Å². The van der Waals surface area contributed by atoms with Crippen molar-refractivity contribution in [2.75, 3.05) is 37.6 Å². The van der Waals surface area contributed by atoms with Crippen LogP contribution in [0.2, 0.25) is 0 Å². The van der Waals surface area contributed by atoms with Crippen LogP contribution in [0.5, 0.6) is 0 Å². The van der Waals surface area contributed by atoms with E-state index in [4.69, 9.17) is 0 Å². The quantitative estimate of drug-likeness (QED) is 0.829. The van der Waals surface area contributed by atoms with Crippen LogP contribution in [0.15, 0.2) is 18.2 Å². The third-order valence-corrected chi connectivity index (χ3v) is 6.01. The number of nitrogens with one attached hydrogen (secondary N) is 1. The Kier molecular flexibility index (Phi) is 6.01. The van der Waals surface area contributed by atoms with Gasteiger partial charge < -0.3 is 15.1 Å². The molecule has 3 heterocycles. The van der Waals surface area contributed by atoms with Crippen molar-refractivity contribution in [3.8, 4) is 0 Å². The number of halogens is 3. The van der Waals surface area contributed by atoms with Gasteiger partial charge in [0.15, 0.2) is 0 Å². The molecule has 0 aliphatic carbocycles. The van der Waals surface area contributed by atoms with E-state index in [2.05, 4.69) is 5.32 Å². The lowest BCUT2D eigenvalue weighted by Gasteiger charge is -2.24. The lowest BCUT2D eigenvalue weighted by Crippen LogP contribution is -2.38. The van der Waals surface area contributed by atoms with E-state index in [-0.39, 0.29) is 42.9 Å². The fourth-order valence-electron chi connectivity index (χ4n) is 4.50. The van der Waals surface area contributed by atoms with Crippen molar-refractivity contribution in [1.29, 1.82) is 0 Å². The first-order valence-electron chi connectivity index (χ1n) is 9.28. The predicted octanol–water partition coefficient (Wildman–Crippen LogP) is 2.20. The molecule has 0 bridgehead atoms. The molecule has 1 aromatic carbocycles. The number of benzene rings is 1. The van der Waals surface area contributed by atoms with Crippen LogP contribution < -0.4 is 10.2 Å². The second-order valence-electron chi connectivity index (χ2n) is 7.58. The van der Waals surface area contributed by atoms with Gasteiger partial charge in [0.25, 0.3) is 0 Å². The molecule has 2 amide bonds. The van der Waals surface area contributed by atoms with Crippen LogP contribution in [0.3, 0.4) is 0 Å². The molecule has 3 aliphatic heterocycles. The van der Waals surface area contributed by atoms with Gasteiger partial charge in [-0.2, -0.15) is 0 Å². The largest absolute Gasteiger partial charge is 0.342 e. The molecule has 1 N–H and O–H groups in total. The Balaban J connectivity index is 0.00000210. The first-order valence-corrected chi connectivity index (χ1v) is 9.28. The number of likely N-dealkylation sites (tertiary alicyclic amines) is 1. The van der Waals surface area contributed by atoms with E-state index in [9.17, 15) is 18.4 Å². The SMILES string of the molecule is Cl.O=C(C1CC(=O)N(c2ccc(F)cc2F)C1)N1CC[C@@H]2CNC[C@@H]2CC1. The zero-order valence-corrected chi connectivity index (χ0v) is 15.8. The van der Waals surface area contributed by atoms with E-state index in [1.54, 1.807) is 0 Å². The molecule has 1 unspecified atom stereocenters. The minimum absolute atomic E-state index is 0. The van der Waals surface area contributed by atoms with E-state index in [1.807, 2.05) is 4.90 Å². The third kappa shape index (κ3) is 3.94. The van der Waals surface area contributed by atoms with Crippen molar-refractivity contribution in [3.05, 3.63) is 29.8 Å². The van der Waals surface area contributed by atoms with Gasteiger partial charge in [-0.1, -0.05) is 0 Å². The molecule has 148 valence electrons. The van der Waals surface area contributed by atoms with Gasteiger partial charge >= 0.3 is 0 Å². The first-order chi connectivity index (χ1) is 12.5. The Labute approximate surface area is 163 Å². The minimum Gasteiger partial charge on any atom is -0.342 e. The molecule has 3 aliphatic rings. The molecule has 8 heteroatoms. The highest BCUT2D eigenvalue weighted by atomic mass is 35.5. The topological polar surface area (TPSA) is 52.7 Å². The maximum Gasteiger partial charge on any atom is 0.228 e. The summed E-state index contributed by atoms with van der Waals surface area (Å²) in [6, 6.07) is 3.15. The van der Waals surface area contributed by atoms with Crippen LogP contribution in [0, 0.1) is 29.4 Å². The van der Waals surface area contributed by atoms with Crippen molar-refractivity contribution >= 4 is 29.9 Å². The van der Waals surface area contributed by atoms with Crippen LogP contribution in [0.25, 0.3) is 0 Å². The number of nitrogens with zero attached hydrogens (tertiary/aromatic N) is 2. The molecule has 5 nitrogen and oxygen atoms in total. The molecule has 3 saturated heterocycles. The molecule has 0 spiro atoms. The number of hydrogen-bond acceptors (Lipinski definition) is 3. The van der Waals surface area contributed by atoms with E-state index in [1.165, 1.54) is 11.0 Å². The van der Waals surface area contributed by atoms with E-state index in [0.29, 0.717) is 11.8 Å². The Hall–Kier alpha value is -1.73. The summed E-state index contributed by atoms with van der Waals surface area (Å²) >= 11 is 0. The number of anilines is 1. The molecular weight excluding hydrogens is 376 g/mol. The van der Waals surface area contributed by atoms with E-state index < -0.39 is 17.6 Å². The summed E-state index contributed by atoms with van der Waals surface area (Å²) in [6.07, 6.45) is 2.06. The summed E-state index contributed by atoms with van der Waals surface area (Å²) in [5.74, 6) is -0.966. The number of hydrogen-bond donors (Lipinski definition) is 1. The maximum absolute atomic E-state index is 14.0. The average molecular weight is 400 g/mol. The van der Waals surface area contributed by atoms with Crippen molar-refractivity contribution < 1.29 is 18.4 Å². The normalized spacial score (nSPS) is 27.9. The molecule has 3 fully saturated rings. The Morgan fingerprint density at radius 1 is 1.11 bits per heavy atom. The molecular formula is C19H24ClF2N3O2. The summed E-state index contributed by atoms with van der Waals surface area (Å²) in [6.45, 7) is 3.64. The summed E-state index contributed by atoms with van der Waals surface area (Å²) < 4.78 is 27.1. The summed E-state index contributed by atoms with van der Waals surface area (Å²) in [4.78, 5) is 28.4. The van der Waals surface area contributed by atoms with E-state index >= 15 is 0 Å². The van der Waals surface area contributed by atoms with Crippen molar-refractivity contribution in [3.63, 3.8) is 0 Å². The molecule has 3 atom stereocenters. The molecule has 0 radical (unpaired) electrons. The molecule has 4 rings (SSSR count). The highest BCUT2D eigenvalue weighted by molar-refractivity contribution is 6.00. The van der Waals surface area contributed by atoms with Crippen LogP contribution in [-0.2, 0) is 9.59 Å². The monoisotopic (exact) mass is 399 g/mol. The smallest absolute Gasteiger partial charge is 0.228 e. The minimum atomic E-state index is -0.776. The number of carbonyl (C=O) groups is 2. The van der Waals surface area contributed by atoms with Gasteiger partial charge in [-0.25, -0.2) is 8.78 Å². The lowest BCUT2D eigenvalue weighted by atomic mass is 9.92. The van der Waals surface area contributed by atoms with Gasteiger partial charge in [0.05, 0.1) is 11.6 Å². The maximum atomic E-state index is 14.0. The van der Waals surface area contributed by atoms with Gasteiger partial charge in [0.1, 0.15) is 11.6 Å². The fraction of sp³-hybridized carbons (Fsp3) is 0.579. The van der Waals surface area contributed by atoms with Gasteiger partial charge in [0.2, 0.25) is 11.8 Å². The summed E-state index contributed by atoms with van der Waals surface area (Å²) in [7, 11) is 0. The predicted molar refractivity (Wildman–Crippen MR) is 99.7 cm³/mol. The van der Waals surface area contributed by atoms with Crippen LogP contribution in [0.1, 0.15) is 19.3 Å². The molecule has 1 aromatic rings. The van der Waals surface area contributed by atoms with Gasteiger partial charge in [-0.05, 0) is 49.9 Å². The third-order valence-electron chi connectivity index (χ3n) is 6.01. The number of carbonyl (C=O) groups excluding carboxylic acids is 2. The zero-order chi connectivity index (χ0) is 18.3. The van der Waals surface area contributed by atoms with Crippen molar-refractivity contribution in [2.45, 2.75) is 19.3 Å². The zero-order valence-electron chi connectivity index (χ0n) is 15.0. The average Bonchev–Trinajstić information content (AvgIpc) is 3.16. The van der Waals surface area contributed by atoms with Crippen LogP contribution >= 0.6 is 12.4 Å². The lowest BCUT2D eigenvalue weighted by molar-refractivity contribution is -0.135. The standard InChI is InChI=1S/C19H23F2N3O2.ClH/c20-15-1-2-17(16(21)8-15)24-11-14(7-18(24)25)19(26)23-5-3-12-9-22-10-13(12)4-6-23;/h1-2,8,12-14,22H,3-7,9-11H2;1H/t12-,13+,14?;. The number of amides is 2. The Morgan fingerprint density at radius 3 is 2.41 bits per heavy atom. The summed E-state index contributed by atoms with van der Waals surface area (Å²) in [5.41, 5.74) is 0.0446. The van der Waals surface area contributed by atoms with Gasteiger partial charge in [-0.15, -0.1) is 12.4 Å². The molecule has 27 heavy (non-hydrogen) atoms.